The van der Waals surface area contributed by atoms with Crippen LogP contribution in [-0.4, -0.2) is 34.7 Å². The summed E-state index contributed by atoms with van der Waals surface area (Å²) in [6, 6.07) is 15.9. The normalized spacial score (nSPS) is 12.5. The molecule has 33 heavy (non-hydrogen) atoms. The second kappa shape index (κ2) is 9.39. The number of benzene rings is 1. The van der Waals surface area contributed by atoms with E-state index in [0.717, 1.165) is 33.6 Å². The Morgan fingerprint density at radius 1 is 0.909 bits per heavy atom. The largest absolute Gasteiger partial charge is 0.388 e. The number of halogens is 1. The number of aryl methyl sites for hydroxylation is 1. The number of nitrogens with zero attached hydrogens (tertiary/aromatic N) is 3. The zero-order valence-electron chi connectivity index (χ0n) is 18.1. The molecule has 0 aliphatic heterocycles. The maximum absolute atomic E-state index is 11.8. The van der Waals surface area contributed by atoms with Crippen molar-refractivity contribution < 1.29 is 13.5 Å². The molecular formula is C25H22ClN3O3S. The molecular weight excluding hydrogens is 458 g/mol. The number of hydrogen-bond donors (Lipinski definition) is 1. The van der Waals surface area contributed by atoms with Crippen molar-refractivity contribution in [2.24, 2.45) is 0 Å². The van der Waals surface area contributed by atoms with Gasteiger partial charge in [0.05, 0.1) is 21.7 Å². The molecule has 4 aromatic rings. The smallest absolute Gasteiger partial charge is 0.175 e. The van der Waals surface area contributed by atoms with Gasteiger partial charge in [-0.25, -0.2) is 8.42 Å². The Kier molecular flexibility index (Phi) is 6.56. The van der Waals surface area contributed by atoms with Gasteiger partial charge in [0.15, 0.2) is 9.84 Å². The van der Waals surface area contributed by atoms with E-state index in [4.69, 9.17) is 11.6 Å². The molecule has 1 unspecified atom stereocenters. The first-order valence-electron chi connectivity index (χ1n) is 10.2. The van der Waals surface area contributed by atoms with Crippen molar-refractivity contribution in [3.63, 3.8) is 0 Å². The third-order valence-corrected chi connectivity index (χ3v) is 6.60. The van der Waals surface area contributed by atoms with E-state index in [1.807, 2.05) is 31.2 Å². The number of pyridine rings is 3. The molecule has 4 rings (SSSR count). The molecule has 0 saturated heterocycles. The van der Waals surface area contributed by atoms with Crippen LogP contribution in [0.15, 0.2) is 78.1 Å². The van der Waals surface area contributed by atoms with E-state index in [9.17, 15) is 13.5 Å². The third-order valence-electron chi connectivity index (χ3n) is 5.27. The van der Waals surface area contributed by atoms with E-state index in [1.165, 1.54) is 6.26 Å². The molecule has 3 aromatic heterocycles. The Morgan fingerprint density at radius 2 is 1.64 bits per heavy atom. The van der Waals surface area contributed by atoms with Gasteiger partial charge in [0, 0.05) is 53.8 Å². The molecule has 0 saturated carbocycles. The van der Waals surface area contributed by atoms with Crippen LogP contribution >= 0.6 is 11.6 Å². The van der Waals surface area contributed by atoms with Crippen LogP contribution in [-0.2, 0) is 16.3 Å². The highest BCUT2D eigenvalue weighted by atomic mass is 35.5. The molecule has 8 heteroatoms. The van der Waals surface area contributed by atoms with E-state index in [0.29, 0.717) is 17.1 Å². The van der Waals surface area contributed by atoms with Gasteiger partial charge in [-0.15, -0.1) is 0 Å². The standard InChI is InChI=1S/C25H22ClN3O3S/c1-16-3-4-18(13-27-16)24(30)12-21-8-5-19(14-28-21)25-23(11-20(26)15-29-25)17-6-9-22(10-7-17)33(2,31)32/h3-11,13-15,24,30H,12H2,1-2H3. The van der Waals surface area contributed by atoms with Gasteiger partial charge in [-0.3, -0.25) is 15.0 Å². The Morgan fingerprint density at radius 3 is 2.24 bits per heavy atom. The van der Waals surface area contributed by atoms with Gasteiger partial charge in [-0.05, 0) is 54.4 Å². The van der Waals surface area contributed by atoms with Crippen LogP contribution in [0.25, 0.3) is 22.4 Å². The van der Waals surface area contributed by atoms with Crippen LogP contribution in [0.5, 0.6) is 0 Å². The van der Waals surface area contributed by atoms with Crippen molar-refractivity contribution in [1.29, 1.82) is 0 Å². The molecule has 0 aliphatic carbocycles. The Bertz CT molecular complexity index is 1370. The average molecular weight is 480 g/mol. The number of aromatic nitrogens is 3. The molecule has 0 spiro atoms. The minimum Gasteiger partial charge on any atom is -0.388 e. The SMILES string of the molecule is Cc1ccc(C(O)Cc2ccc(-c3ncc(Cl)cc3-c3ccc(S(C)(=O)=O)cc3)cn2)cn1. The number of aliphatic hydroxyl groups excluding tert-OH is 1. The monoisotopic (exact) mass is 479 g/mol. The van der Waals surface area contributed by atoms with Crippen molar-refractivity contribution in [1.82, 2.24) is 15.0 Å². The van der Waals surface area contributed by atoms with Crippen molar-refractivity contribution in [2.75, 3.05) is 6.26 Å². The second-order valence-electron chi connectivity index (χ2n) is 7.84. The van der Waals surface area contributed by atoms with Crippen LogP contribution in [0.3, 0.4) is 0 Å². The first-order chi connectivity index (χ1) is 15.7. The van der Waals surface area contributed by atoms with Gasteiger partial charge < -0.3 is 5.11 Å². The average Bonchev–Trinajstić information content (AvgIpc) is 2.79. The minimum atomic E-state index is -3.29. The molecule has 168 valence electrons. The quantitative estimate of drug-likeness (QED) is 0.425. The molecule has 0 fully saturated rings. The third kappa shape index (κ3) is 5.45. The van der Waals surface area contributed by atoms with E-state index in [1.54, 1.807) is 48.9 Å². The fourth-order valence-electron chi connectivity index (χ4n) is 3.45. The van der Waals surface area contributed by atoms with Gasteiger partial charge in [-0.1, -0.05) is 29.8 Å². The summed E-state index contributed by atoms with van der Waals surface area (Å²) < 4.78 is 23.5. The summed E-state index contributed by atoms with van der Waals surface area (Å²) in [5.41, 5.74) is 5.38. The molecule has 1 atom stereocenters. The van der Waals surface area contributed by atoms with Crippen LogP contribution in [0.2, 0.25) is 5.02 Å². The molecule has 0 aliphatic rings. The fourth-order valence-corrected chi connectivity index (χ4v) is 4.24. The predicted molar refractivity (Wildman–Crippen MR) is 129 cm³/mol. The number of hydrogen-bond acceptors (Lipinski definition) is 6. The van der Waals surface area contributed by atoms with Gasteiger partial charge in [0.2, 0.25) is 0 Å². The number of aliphatic hydroxyl groups is 1. The van der Waals surface area contributed by atoms with Gasteiger partial charge in [0.25, 0.3) is 0 Å². The minimum absolute atomic E-state index is 0.246. The molecule has 0 radical (unpaired) electrons. The van der Waals surface area contributed by atoms with Crippen LogP contribution < -0.4 is 0 Å². The van der Waals surface area contributed by atoms with Crippen molar-refractivity contribution in [3.8, 4) is 22.4 Å². The summed E-state index contributed by atoms with van der Waals surface area (Å²) in [6.45, 7) is 1.90. The highest BCUT2D eigenvalue weighted by Gasteiger charge is 2.14. The highest BCUT2D eigenvalue weighted by Crippen LogP contribution is 2.33. The van der Waals surface area contributed by atoms with E-state index in [-0.39, 0.29) is 4.90 Å². The lowest BCUT2D eigenvalue weighted by Gasteiger charge is -2.12. The zero-order chi connectivity index (χ0) is 23.6. The molecule has 0 amide bonds. The lowest BCUT2D eigenvalue weighted by molar-refractivity contribution is 0.177. The van der Waals surface area contributed by atoms with E-state index >= 15 is 0 Å². The summed E-state index contributed by atoms with van der Waals surface area (Å²) in [7, 11) is -3.29. The second-order valence-corrected chi connectivity index (χ2v) is 10.3. The highest BCUT2D eigenvalue weighted by molar-refractivity contribution is 7.90. The molecule has 1 aromatic carbocycles. The fraction of sp³-hybridized carbons (Fsp3) is 0.160. The summed E-state index contributed by atoms with van der Waals surface area (Å²) in [5, 5.41) is 11.0. The lowest BCUT2D eigenvalue weighted by atomic mass is 9.99. The maximum Gasteiger partial charge on any atom is 0.175 e. The van der Waals surface area contributed by atoms with E-state index < -0.39 is 15.9 Å². The van der Waals surface area contributed by atoms with Crippen LogP contribution in [0, 0.1) is 6.92 Å². The topological polar surface area (TPSA) is 93.0 Å². The number of rotatable bonds is 6. The Hall–Kier alpha value is -3.13. The Balaban J connectivity index is 1.61. The van der Waals surface area contributed by atoms with Crippen molar-refractivity contribution in [2.45, 2.75) is 24.3 Å². The van der Waals surface area contributed by atoms with Gasteiger partial charge in [0.1, 0.15) is 0 Å². The van der Waals surface area contributed by atoms with Crippen molar-refractivity contribution in [3.05, 3.63) is 95.2 Å². The first-order valence-corrected chi connectivity index (χ1v) is 12.5. The summed E-state index contributed by atoms with van der Waals surface area (Å²) in [4.78, 5) is 13.5. The van der Waals surface area contributed by atoms with E-state index in [2.05, 4.69) is 15.0 Å². The van der Waals surface area contributed by atoms with Crippen LogP contribution in [0.1, 0.15) is 23.1 Å². The molecule has 3 heterocycles. The van der Waals surface area contributed by atoms with Gasteiger partial charge in [-0.2, -0.15) is 0 Å². The lowest BCUT2D eigenvalue weighted by Crippen LogP contribution is -2.04. The molecule has 1 N–H and O–H groups in total. The predicted octanol–water partition coefficient (Wildman–Crippen LogP) is 4.85. The summed E-state index contributed by atoms with van der Waals surface area (Å²) in [6.07, 6.45) is 5.78. The summed E-state index contributed by atoms with van der Waals surface area (Å²) in [5.74, 6) is 0. The van der Waals surface area contributed by atoms with Crippen molar-refractivity contribution >= 4 is 21.4 Å². The van der Waals surface area contributed by atoms with Gasteiger partial charge >= 0.3 is 0 Å². The molecule has 6 nitrogen and oxygen atoms in total. The maximum atomic E-state index is 11.8. The molecule has 0 bridgehead atoms. The zero-order valence-corrected chi connectivity index (χ0v) is 19.7. The first kappa shape index (κ1) is 23.0. The number of sulfone groups is 1. The van der Waals surface area contributed by atoms with Crippen LogP contribution in [0.4, 0.5) is 0 Å². The Labute approximate surface area is 197 Å². The summed E-state index contributed by atoms with van der Waals surface area (Å²) >= 11 is 6.20.